The highest BCUT2D eigenvalue weighted by Crippen LogP contribution is 2.27. The second-order valence-electron chi connectivity index (χ2n) is 6.15. The highest BCUT2D eigenvalue weighted by molar-refractivity contribution is 5.81. The summed E-state index contributed by atoms with van der Waals surface area (Å²) in [5.41, 5.74) is 2.20. The summed E-state index contributed by atoms with van der Waals surface area (Å²) < 4.78 is 5.74. The van der Waals surface area contributed by atoms with Crippen molar-refractivity contribution in [2.45, 2.75) is 38.7 Å². The summed E-state index contributed by atoms with van der Waals surface area (Å²) >= 11 is 0. The Morgan fingerprint density at radius 3 is 2.61 bits per heavy atom. The largest absolute Gasteiger partial charge is 0.481 e. The lowest BCUT2D eigenvalue weighted by Crippen LogP contribution is -2.44. The van der Waals surface area contributed by atoms with Gasteiger partial charge in [0.2, 0.25) is 0 Å². The fourth-order valence-electron chi connectivity index (χ4n) is 3.05. The Balaban J connectivity index is 1.53. The molecule has 1 aromatic heterocycles. The van der Waals surface area contributed by atoms with Crippen molar-refractivity contribution in [3.63, 3.8) is 0 Å². The van der Waals surface area contributed by atoms with E-state index in [9.17, 15) is 4.79 Å². The Labute approximate surface area is 136 Å². The molecule has 2 aromatic rings. The van der Waals surface area contributed by atoms with Crippen LogP contribution in [0, 0.1) is 6.92 Å². The van der Waals surface area contributed by atoms with Crippen LogP contribution in [0.25, 0.3) is 0 Å². The zero-order valence-corrected chi connectivity index (χ0v) is 13.7. The lowest BCUT2D eigenvalue weighted by molar-refractivity contribution is -0.139. The van der Waals surface area contributed by atoms with E-state index in [-0.39, 0.29) is 5.91 Å². The standard InChI is InChI=1S/C18H23N3O2/c1-13-12-17(20-19-13)15-8-10-21(11-9-15)18(22)14(2)23-16-6-4-3-5-7-16/h3-7,12,14-15H,8-11H2,1-2H3,(H,19,20)/t14-/m0/s1. The van der Waals surface area contributed by atoms with Gasteiger partial charge in [0, 0.05) is 24.7 Å². The first-order chi connectivity index (χ1) is 11.1. The number of H-pyrrole nitrogens is 1. The number of carbonyl (C=O) groups excluding carboxylic acids is 1. The zero-order valence-electron chi connectivity index (χ0n) is 13.7. The number of nitrogens with one attached hydrogen (secondary N) is 1. The van der Waals surface area contributed by atoms with Crippen LogP contribution in [-0.2, 0) is 4.79 Å². The highest BCUT2D eigenvalue weighted by atomic mass is 16.5. The average molecular weight is 313 g/mol. The molecule has 1 atom stereocenters. The maximum atomic E-state index is 12.5. The van der Waals surface area contributed by atoms with Gasteiger partial charge in [-0.15, -0.1) is 0 Å². The summed E-state index contributed by atoms with van der Waals surface area (Å²) in [6, 6.07) is 11.6. The van der Waals surface area contributed by atoms with Gasteiger partial charge in [-0.25, -0.2) is 0 Å². The topological polar surface area (TPSA) is 58.2 Å². The van der Waals surface area contributed by atoms with Crippen LogP contribution in [0.4, 0.5) is 0 Å². The molecule has 0 unspecified atom stereocenters. The van der Waals surface area contributed by atoms with Crippen LogP contribution in [0.1, 0.15) is 37.1 Å². The number of likely N-dealkylation sites (tertiary alicyclic amines) is 1. The number of carbonyl (C=O) groups is 1. The fourth-order valence-corrected chi connectivity index (χ4v) is 3.05. The molecule has 1 aromatic carbocycles. The second-order valence-corrected chi connectivity index (χ2v) is 6.15. The molecule has 1 N–H and O–H groups in total. The van der Waals surface area contributed by atoms with Crippen LogP contribution >= 0.6 is 0 Å². The number of piperidine rings is 1. The van der Waals surface area contributed by atoms with Crippen molar-refractivity contribution in [2.24, 2.45) is 0 Å². The Bertz CT molecular complexity index is 645. The van der Waals surface area contributed by atoms with E-state index in [1.54, 1.807) is 0 Å². The average Bonchev–Trinajstić information content (AvgIpc) is 3.02. The molecule has 1 aliphatic rings. The van der Waals surface area contributed by atoms with Crippen LogP contribution in [0.2, 0.25) is 0 Å². The van der Waals surface area contributed by atoms with Crippen LogP contribution < -0.4 is 4.74 Å². The van der Waals surface area contributed by atoms with Gasteiger partial charge in [-0.2, -0.15) is 5.10 Å². The summed E-state index contributed by atoms with van der Waals surface area (Å²) in [5, 5.41) is 7.34. The van der Waals surface area contributed by atoms with Crippen molar-refractivity contribution < 1.29 is 9.53 Å². The number of benzene rings is 1. The van der Waals surface area contributed by atoms with Crippen molar-refractivity contribution in [1.29, 1.82) is 0 Å². The Morgan fingerprint density at radius 2 is 2.00 bits per heavy atom. The number of ether oxygens (including phenoxy) is 1. The molecule has 0 saturated carbocycles. The summed E-state index contributed by atoms with van der Waals surface area (Å²) in [6.07, 6.45) is 1.45. The molecule has 0 spiro atoms. The summed E-state index contributed by atoms with van der Waals surface area (Å²) in [6.45, 7) is 5.35. The molecule has 1 aliphatic heterocycles. The molecule has 3 rings (SSSR count). The summed E-state index contributed by atoms with van der Waals surface area (Å²) in [7, 11) is 0. The van der Waals surface area contributed by atoms with Gasteiger partial charge in [0.15, 0.2) is 6.10 Å². The van der Waals surface area contributed by atoms with Crippen molar-refractivity contribution in [3.05, 3.63) is 47.8 Å². The van der Waals surface area contributed by atoms with E-state index in [1.807, 2.05) is 49.1 Å². The van der Waals surface area contributed by atoms with Crippen molar-refractivity contribution in [3.8, 4) is 5.75 Å². The van der Waals surface area contributed by atoms with Gasteiger partial charge < -0.3 is 9.64 Å². The van der Waals surface area contributed by atoms with Crippen molar-refractivity contribution in [2.75, 3.05) is 13.1 Å². The number of hydrogen-bond donors (Lipinski definition) is 1. The first-order valence-electron chi connectivity index (χ1n) is 8.16. The normalized spacial score (nSPS) is 17.0. The Hall–Kier alpha value is -2.30. The maximum Gasteiger partial charge on any atom is 0.263 e. The third-order valence-corrected chi connectivity index (χ3v) is 4.35. The molecule has 1 amide bonds. The SMILES string of the molecule is Cc1cc(C2CCN(C(=O)[C@H](C)Oc3ccccc3)CC2)n[nH]1. The minimum atomic E-state index is -0.457. The van der Waals surface area contributed by atoms with Gasteiger partial charge >= 0.3 is 0 Å². The van der Waals surface area contributed by atoms with Crippen LogP contribution in [0.3, 0.4) is 0 Å². The minimum Gasteiger partial charge on any atom is -0.481 e. The quantitative estimate of drug-likeness (QED) is 0.944. The first kappa shape index (κ1) is 15.6. The van der Waals surface area contributed by atoms with Gasteiger partial charge in [-0.05, 0) is 44.9 Å². The first-order valence-corrected chi connectivity index (χ1v) is 8.16. The monoisotopic (exact) mass is 313 g/mol. The summed E-state index contributed by atoms with van der Waals surface area (Å²) in [5.74, 6) is 1.23. The molecule has 2 heterocycles. The Morgan fingerprint density at radius 1 is 1.30 bits per heavy atom. The highest BCUT2D eigenvalue weighted by Gasteiger charge is 2.28. The number of aromatic nitrogens is 2. The molecule has 1 fully saturated rings. The minimum absolute atomic E-state index is 0.0607. The van der Waals surface area contributed by atoms with E-state index in [4.69, 9.17) is 4.74 Å². The predicted octanol–water partition coefficient (Wildman–Crippen LogP) is 2.89. The molecular weight excluding hydrogens is 290 g/mol. The fraction of sp³-hybridized carbons (Fsp3) is 0.444. The molecule has 122 valence electrons. The molecule has 5 heteroatoms. The Kier molecular flexibility index (Phi) is 4.65. The number of aromatic amines is 1. The van der Waals surface area contributed by atoms with Crippen LogP contribution in [0.5, 0.6) is 5.75 Å². The molecule has 0 radical (unpaired) electrons. The third kappa shape index (κ3) is 3.73. The van der Waals surface area contributed by atoms with Gasteiger partial charge in [0.1, 0.15) is 5.75 Å². The molecule has 23 heavy (non-hydrogen) atoms. The lowest BCUT2D eigenvalue weighted by atomic mass is 9.93. The van der Waals surface area contributed by atoms with Gasteiger partial charge in [-0.1, -0.05) is 18.2 Å². The summed E-state index contributed by atoms with van der Waals surface area (Å²) in [4.78, 5) is 14.4. The second kappa shape index (κ2) is 6.86. The number of amides is 1. The van der Waals surface area contributed by atoms with E-state index >= 15 is 0 Å². The predicted molar refractivity (Wildman–Crippen MR) is 88.4 cm³/mol. The van der Waals surface area contributed by atoms with E-state index in [1.165, 1.54) is 0 Å². The molecule has 1 saturated heterocycles. The number of para-hydroxylation sites is 1. The van der Waals surface area contributed by atoms with E-state index < -0.39 is 6.10 Å². The molecule has 0 bridgehead atoms. The molecular formula is C18H23N3O2. The number of aryl methyl sites for hydroxylation is 1. The maximum absolute atomic E-state index is 12.5. The van der Waals surface area contributed by atoms with Crippen molar-refractivity contribution >= 4 is 5.91 Å². The third-order valence-electron chi connectivity index (χ3n) is 4.35. The van der Waals surface area contributed by atoms with Gasteiger partial charge in [0.05, 0.1) is 5.69 Å². The smallest absolute Gasteiger partial charge is 0.263 e. The lowest BCUT2D eigenvalue weighted by Gasteiger charge is -2.32. The number of nitrogens with zero attached hydrogens (tertiary/aromatic N) is 2. The van der Waals surface area contributed by atoms with Crippen molar-refractivity contribution in [1.82, 2.24) is 15.1 Å². The number of rotatable bonds is 4. The van der Waals surface area contributed by atoms with Gasteiger partial charge in [0.25, 0.3) is 5.91 Å². The van der Waals surface area contributed by atoms with Crippen LogP contribution in [-0.4, -0.2) is 40.2 Å². The molecule has 0 aliphatic carbocycles. The van der Waals surface area contributed by atoms with E-state index in [2.05, 4.69) is 16.3 Å². The molecule has 5 nitrogen and oxygen atoms in total. The number of hydrogen-bond acceptors (Lipinski definition) is 3. The van der Waals surface area contributed by atoms with E-state index in [0.717, 1.165) is 43.1 Å². The zero-order chi connectivity index (χ0) is 16.2. The van der Waals surface area contributed by atoms with Gasteiger partial charge in [-0.3, -0.25) is 9.89 Å². The van der Waals surface area contributed by atoms with E-state index in [0.29, 0.717) is 5.92 Å². The van der Waals surface area contributed by atoms with Crippen LogP contribution in [0.15, 0.2) is 36.4 Å².